The van der Waals surface area contributed by atoms with Crippen LogP contribution in [-0.2, 0) is 26.0 Å². The molecule has 1 fully saturated rings. The average molecular weight is 441 g/mol. The van der Waals surface area contributed by atoms with Crippen molar-refractivity contribution in [2.24, 2.45) is 0 Å². The van der Waals surface area contributed by atoms with Crippen molar-refractivity contribution >= 4 is 43.2 Å². The first-order valence-electron chi connectivity index (χ1n) is 9.34. The minimum atomic E-state index is -3.10. The number of hydrogen-bond acceptors (Lipinski definition) is 7. The molecular weight excluding hydrogens is 416 g/mol. The number of sulfone groups is 1. The molecule has 0 unspecified atom stereocenters. The largest absolute Gasteiger partial charge is 0.351 e. The molecule has 11 heteroatoms. The topological polar surface area (TPSA) is 118 Å². The fourth-order valence-corrected chi connectivity index (χ4v) is 6.02. The summed E-state index contributed by atoms with van der Waals surface area (Å²) in [5.41, 5.74) is 0.587. The molecule has 1 atom stereocenters. The molecule has 1 aliphatic heterocycles. The van der Waals surface area contributed by atoms with E-state index in [0.717, 1.165) is 10.4 Å². The summed E-state index contributed by atoms with van der Waals surface area (Å²) in [6, 6.07) is -0.416. The third-order valence-electron chi connectivity index (χ3n) is 5.13. The highest BCUT2D eigenvalue weighted by molar-refractivity contribution is 7.91. The predicted octanol–water partition coefficient (Wildman–Crippen LogP) is 0.227. The van der Waals surface area contributed by atoms with Gasteiger partial charge in [0.25, 0.3) is 5.56 Å². The fraction of sp³-hybridized carbons (Fsp3) is 0.556. The third kappa shape index (κ3) is 4.67. The molecule has 0 aliphatic carbocycles. The molecule has 2 amide bonds. The van der Waals surface area contributed by atoms with Gasteiger partial charge in [0, 0.05) is 17.5 Å². The monoisotopic (exact) mass is 440 g/mol. The van der Waals surface area contributed by atoms with E-state index in [0.29, 0.717) is 16.6 Å². The lowest BCUT2D eigenvalue weighted by atomic mass is 10.2. The van der Waals surface area contributed by atoms with Crippen molar-refractivity contribution in [3.05, 3.63) is 27.1 Å². The van der Waals surface area contributed by atoms with Gasteiger partial charge in [0.15, 0.2) is 9.84 Å². The zero-order chi connectivity index (χ0) is 21.3. The number of aryl methyl sites for hydroxylation is 2. The second kappa shape index (κ2) is 8.23. The van der Waals surface area contributed by atoms with Crippen LogP contribution in [0.4, 0.5) is 0 Å². The second-order valence-electron chi connectivity index (χ2n) is 7.22. The van der Waals surface area contributed by atoms with Crippen molar-refractivity contribution in [2.45, 2.75) is 39.8 Å². The van der Waals surface area contributed by atoms with Gasteiger partial charge in [-0.05, 0) is 32.8 Å². The highest BCUT2D eigenvalue weighted by atomic mass is 32.2. The normalized spacial score (nSPS) is 18.1. The first-order valence-corrected chi connectivity index (χ1v) is 12.0. The van der Waals surface area contributed by atoms with E-state index in [1.165, 1.54) is 27.1 Å². The maximum Gasteiger partial charge on any atom is 0.262 e. The summed E-state index contributed by atoms with van der Waals surface area (Å²) in [6.45, 7) is 5.40. The van der Waals surface area contributed by atoms with Crippen molar-refractivity contribution < 1.29 is 18.0 Å². The number of likely N-dealkylation sites (N-methyl/N-ethyl adjacent to an activating group) is 1. The van der Waals surface area contributed by atoms with E-state index in [4.69, 9.17) is 0 Å². The molecular formula is C18H24N4O5S2. The summed E-state index contributed by atoms with van der Waals surface area (Å²) in [4.78, 5) is 44.9. The number of thiophene rings is 1. The maximum atomic E-state index is 12.7. The zero-order valence-corrected chi connectivity index (χ0v) is 18.2. The molecule has 29 heavy (non-hydrogen) atoms. The van der Waals surface area contributed by atoms with Crippen molar-refractivity contribution in [2.75, 3.05) is 24.6 Å². The van der Waals surface area contributed by atoms with E-state index in [-0.39, 0.29) is 42.6 Å². The fourth-order valence-electron chi connectivity index (χ4n) is 3.36. The van der Waals surface area contributed by atoms with Gasteiger partial charge in [-0.1, -0.05) is 0 Å². The number of amides is 2. The van der Waals surface area contributed by atoms with E-state index in [2.05, 4.69) is 10.3 Å². The van der Waals surface area contributed by atoms with Crippen LogP contribution >= 0.6 is 11.3 Å². The van der Waals surface area contributed by atoms with E-state index in [9.17, 15) is 22.8 Å². The van der Waals surface area contributed by atoms with Crippen LogP contribution in [0.1, 0.15) is 23.8 Å². The molecule has 0 spiro atoms. The minimum absolute atomic E-state index is 0.0637. The molecule has 1 N–H and O–H groups in total. The molecule has 3 rings (SSSR count). The van der Waals surface area contributed by atoms with Crippen LogP contribution in [-0.4, -0.2) is 65.3 Å². The summed E-state index contributed by atoms with van der Waals surface area (Å²) in [5, 5.41) is 3.19. The van der Waals surface area contributed by atoms with Crippen molar-refractivity contribution in [3.8, 4) is 0 Å². The Bertz CT molecular complexity index is 1120. The summed E-state index contributed by atoms with van der Waals surface area (Å²) < 4.78 is 24.3. The molecule has 0 aromatic carbocycles. The number of rotatable bonds is 6. The third-order valence-corrected chi connectivity index (χ3v) is 8.01. The molecule has 1 aliphatic rings. The number of carbonyl (C=O) groups is 2. The zero-order valence-electron chi connectivity index (χ0n) is 16.6. The van der Waals surface area contributed by atoms with Gasteiger partial charge in [-0.15, -0.1) is 11.3 Å². The van der Waals surface area contributed by atoms with Crippen LogP contribution in [0.5, 0.6) is 0 Å². The van der Waals surface area contributed by atoms with Gasteiger partial charge in [0.1, 0.15) is 11.4 Å². The van der Waals surface area contributed by atoms with Gasteiger partial charge in [0.05, 0.1) is 29.8 Å². The van der Waals surface area contributed by atoms with Crippen LogP contribution in [0.3, 0.4) is 0 Å². The lowest BCUT2D eigenvalue weighted by molar-refractivity contribution is -0.136. The van der Waals surface area contributed by atoms with Crippen LogP contribution < -0.4 is 10.9 Å². The van der Waals surface area contributed by atoms with Crippen LogP contribution in [0.15, 0.2) is 11.1 Å². The molecule has 2 aromatic rings. The average Bonchev–Trinajstić information content (AvgIpc) is 3.13. The summed E-state index contributed by atoms with van der Waals surface area (Å²) >= 11 is 1.44. The summed E-state index contributed by atoms with van der Waals surface area (Å²) in [7, 11) is -3.10. The van der Waals surface area contributed by atoms with Gasteiger partial charge < -0.3 is 10.2 Å². The smallest absolute Gasteiger partial charge is 0.262 e. The van der Waals surface area contributed by atoms with E-state index < -0.39 is 21.8 Å². The number of nitrogens with zero attached hydrogens (tertiary/aromatic N) is 3. The lowest BCUT2D eigenvalue weighted by Gasteiger charge is -2.22. The Morgan fingerprint density at radius 3 is 2.72 bits per heavy atom. The molecule has 2 aromatic heterocycles. The molecule has 158 valence electrons. The molecule has 0 saturated carbocycles. The number of hydrogen-bond donors (Lipinski definition) is 1. The molecule has 3 heterocycles. The van der Waals surface area contributed by atoms with Gasteiger partial charge >= 0.3 is 0 Å². The Balaban J connectivity index is 1.68. The Kier molecular flexibility index (Phi) is 6.08. The highest BCUT2D eigenvalue weighted by Crippen LogP contribution is 2.25. The van der Waals surface area contributed by atoms with Gasteiger partial charge in [-0.2, -0.15) is 0 Å². The van der Waals surface area contributed by atoms with E-state index in [1.54, 1.807) is 6.92 Å². The predicted molar refractivity (Wildman–Crippen MR) is 111 cm³/mol. The first kappa shape index (κ1) is 21.4. The molecule has 0 bridgehead atoms. The second-order valence-corrected chi connectivity index (χ2v) is 10.6. The van der Waals surface area contributed by atoms with Crippen LogP contribution in [0.2, 0.25) is 0 Å². The van der Waals surface area contributed by atoms with Gasteiger partial charge in [0.2, 0.25) is 11.8 Å². The lowest BCUT2D eigenvalue weighted by Crippen LogP contribution is -2.45. The van der Waals surface area contributed by atoms with Crippen molar-refractivity contribution in [1.29, 1.82) is 0 Å². The Morgan fingerprint density at radius 1 is 1.38 bits per heavy atom. The number of fused-ring (bicyclic) bond motifs is 1. The number of carbonyl (C=O) groups excluding carboxylic acids is 2. The van der Waals surface area contributed by atoms with Crippen molar-refractivity contribution in [1.82, 2.24) is 19.8 Å². The Hall–Kier alpha value is -2.27. The SMILES string of the molecule is CCN(CC(=O)N[C@@H]1CCS(=O)(=O)C1)C(=O)Cn1cnc2sc(C)c(C)c2c1=O. The highest BCUT2D eigenvalue weighted by Gasteiger charge is 2.29. The van der Waals surface area contributed by atoms with Gasteiger partial charge in [-0.3, -0.25) is 19.0 Å². The van der Waals surface area contributed by atoms with Crippen molar-refractivity contribution in [3.63, 3.8) is 0 Å². The van der Waals surface area contributed by atoms with Crippen LogP contribution in [0, 0.1) is 13.8 Å². The van der Waals surface area contributed by atoms with Gasteiger partial charge in [-0.25, -0.2) is 13.4 Å². The molecule has 9 nitrogen and oxygen atoms in total. The molecule has 1 saturated heterocycles. The van der Waals surface area contributed by atoms with Crippen LogP contribution in [0.25, 0.3) is 10.2 Å². The number of aromatic nitrogens is 2. The van der Waals surface area contributed by atoms with E-state index >= 15 is 0 Å². The van der Waals surface area contributed by atoms with E-state index in [1.807, 2.05) is 13.8 Å². The first-order chi connectivity index (χ1) is 13.6. The Morgan fingerprint density at radius 2 is 2.10 bits per heavy atom. The maximum absolute atomic E-state index is 12.7. The quantitative estimate of drug-likeness (QED) is 0.687. The molecule has 0 radical (unpaired) electrons. The standard InChI is InChI=1S/C18H24N4O5S2/c1-4-21(7-14(23)20-13-5-6-29(26,27)9-13)15(24)8-22-10-19-17-16(18(22)25)11(2)12(3)28-17/h10,13H,4-9H2,1-3H3,(H,20,23)/t13-/m1/s1. The number of nitrogens with one attached hydrogen (secondary N) is 1. The Labute approximate surface area is 172 Å². The minimum Gasteiger partial charge on any atom is -0.351 e. The summed E-state index contributed by atoms with van der Waals surface area (Å²) in [6.07, 6.45) is 1.74. The summed E-state index contributed by atoms with van der Waals surface area (Å²) in [5.74, 6) is -0.796.